The number of ether oxygens (including phenoxy) is 4. The van der Waals surface area contributed by atoms with E-state index in [1.807, 2.05) is 6.07 Å². The summed E-state index contributed by atoms with van der Waals surface area (Å²) >= 11 is 0. The molecule has 0 aliphatic heterocycles. The lowest BCUT2D eigenvalue weighted by Gasteiger charge is -2.47. The third-order valence-corrected chi connectivity index (χ3v) is 7.77. The molecule has 2 aromatic rings. The highest BCUT2D eigenvalue weighted by molar-refractivity contribution is 7.89. The van der Waals surface area contributed by atoms with Crippen molar-refractivity contribution in [1.82, 2.24) is 4.72 Å². The molecule has 1 N–H and O–H groups in total. The van der Waals surface area contributed by atoms with Gasteiger partial charge in [0.15, 0.2) is 0 Å². The van der Waals surface area contributed by atoms with E-state index in [4.69, 9.17) is 18.9 Å². The van der Waals surface area contributed by atoms with Gasteiger partial charge in [0, 0.05) is 32.9 Å². The summed E-state index contributed by atoms with van der Waals surface area (Å²) in [4.78, 5) is 22.5. The predicted molar refractivity (Wildman–Crippen MR) is 134 cm³/mol. The van der Waals surface area contributed by atoms with Crippen LogP contribution in [0.4, 0.5) is 5.69 Å². The number of carbonyl (C=O) groups excluding carboxylic acids is 1. The van der Waals surface area contributed by atoms with Gasteiger partial charge in [-0.1, -0.05) is 24.3 Å². The number of nitrogens with zero attached hydrogens (tertiary/aromatic N) is 1. The largest absolute Gasteiger partial charge is 0.497 e. The Labute approximate surface area is 214 Å². The summed E-state index contributed by atoms with van der Waals surface area (Å²) in [6.07, 6.45) is 4.94. The van der Waals surface area contributed by atoms with E-state index >= 15 is 0 Å². The average molecular weight is 533 g/mol. The van der Waals surface area contributed by atoms with E-state index in [9.17, 15) is 23.3 Å². The molecule has 198 valence electrons. The molecule has 0 fully saturated rings. The fourth-order valence-corrected chi connectivity index (χ4v) is 5.38. The number of benzene rings is 2. The van der Waals surface area contributed by atoms with Gasteiger partial charge in [0.25, 0.3) is 5.69 Å². The molecule has 3 rings (SSSR count). The molecule has 1 aliphatic rings. The van der Waals surface area contributed by atoms with Crippen molar-refractivity contribution in [1.29, 1.82) is 0 Å². The molecule has 0 aromatic heterocycles. The van der Waals surface area contributed by atoms with E-state index in [1.165, 1.54) is 46.6 Å². The number of hydrogen-bond donors (Lipinski definition) is 1. The first-order chi connectivity index (χ1) is 17.6. The third-order valence-electron chi connectivity index (χ3n) is 6.30. The summed E-state index contributed by atoms with van der Waals surface area (Å²) in [6.45, 7) is -0.0727. The number of sulfonamides is 1. The molecule has 0 radical (unpaired) electrons. The molecule has 0 heterocycles. The van der Waals surface area contributed by atoms with Gasteiger partial charge in [-0.05, 0) is 42.3 Å². The Morgan fingerprint density at radius 1 is 1.05 bits per heavy atom. The SMILES string of the molecule is COC(=O)C1=CC(OC)(OC)C(CCNS(=O)(=O)c2ccc([N+](=O)[O-])cc2)(c2cccc(OC)c2)C=C1. The van der Waals surface area contributed by atoms with Gasteiger partial charge in [-0.3, -0.25) is 10.1 Å². The first kappa shape index (κ1) is 28.0. The summed E-state index contributed by atoms with van der Waals surface area (Å²) in [5, 5.41) is 10.9. The van der Waals surface area contributed by atoms with E-state index in [2.05, 4.69) is 4.72 Å². The number of methoxy groups -OCH3 is 4. The van der Waals surface area contributed by atoms with Gasteiger partial charge in [0.2, 0.25) is 15.8 Å². The second kappa shape index (κ2) is 11.2. The summed E-state index contributed by atoms with van der Waals surface area (Å²) in [5.74, 6) is -1.55. The van der Waals surface area contributed by atoms with Crippen LogP contribution in [0.3, 0.4) is 0 Å². The van der Waals surface area contributed by atoms with E-state index in [0.717, 1.165) is 12.1 Å². The lowest BCUT2D eigenvalue weighted by atomic mass is 9.67. The molecule has 11 nitrogen and oxygen atoms in total. The number of rotatable bonds is 11. The number of nitro groups is 1. The fourth-order valence-electron chi connectivity index (χ4n) is 4.35. The molecule has 0 bridgehead atoms. The van der Waals surface area contributed by atoms with Gasteiger partial charge in [0.1, 0.15) is 5.75 Å². The molecule has 0 saturated carbocycles. The Morgan fingerprint density at radius 2 is 1.73 bits per heavy atom. The maximum absolute atomic E-state index is 12.9. The van der Waals surface area contributed by atoms with Crippen LogP contribution >= 0.6 is 0 Å². The lowest BCUT2D eigenvalue weighted by Crippen LogP contribution is -2.55. The highest BCUT2D eigenvalue weighted by Crippen LogP contribution is 2.47. The first-order valence-corrected chi connectivity index (χ1v) is 12.6. The predicted octanol–water partition coefficient (Wildman–Crippen LogP) is 2.87. The zero-order valence-electron chi connectivity index (χ0n) is 20.8. The van der Waals surface area contributed by atoms with Crippen LogP contribution in [0.1, 0.15) is 12.0 Å². The van der Waals surface area contributed by atoms with E-state index in [1.54, 1.807) is 30.4 Å². The number of nitrogens with one attached hydrogen (secondary N) is 1. The van der Waals surface area contributed by atoms with Crippen LogP contribution in [-0.4, -0.2) is 60.1 Å². The second-order valence-corrected chi connectivity index (χ2v) is 9.87. The summed E-state index contributed by atoms with van der Waals surface area (Å²) in [6, 6.07) is 11.7. The quantitative estimate of drug-likeness (QED) is 0.200. The smallest absolute Gasteiger partial charge is 0.337 e. The van der Waals surface area contributed by atoms with Crippen LogP contribution in [0.5, 0.6) is 5.75 Å². The summed E-state index contributed by atoms with van der Waals surface area (Å²) in [7, 11) is 1.63. The van der Waals surface area contributed by atoms with Crippen molar-refractivity contribution in [2.75, 3.05) is 35.0 Å². The number of non-ortho nitro benzene ring substituents is 1. The van der Waals surface area contributed by atoms with Crippen molar-refractivity contribution in [3.63, 3.8) is 0 Å². The van der Waals surface area contributed by atoms with Gasteiger partial charge in [-0.25, -0.2) is 17.9 Å². The van der Waals surface area contributed by atoms with Crippen LogP contribution in [0.2, 0.25) is 0 Å². The molecule has 1 aliphatic carbocycles. The highest BCUT2D eigenvalue weighted by Gasteiger charge is 2.53. The normalized spacial score (nSPS) is 18.6. The monoisotopic (exact) mass is 532 g/mol. The van der Waals surface area contributed by atoms with Crippen LogP contribution in [0.15, 0.2) is 77.2 Å². The number of carbonyl (C=O) groups is 1. The maximum Gasteiger partial charge on any atom is 0.337 e. The Balaban J connectivity index is 2.01. The molecular formula is C25H28N2O9S. The second-order valence-electron chi connectivity index (χ2n) is 8.10. The molecule has 0 amide bonds. The molecule has 2 aromatic carbocycles. The zero-order chi connectivity index (χ0) is 27.3. The van der Waals surface area contributed by atoms with Crippen LogP contribution < -0.4 is 9.46 Å². The Hall–Kier alpha value is -3.58. The minimum absolute atomic E-state index is 0.0727. The number of esters is 1. The van der Waals surface area contributed by atoms with Gasteiger partial charge in [-0.2, -0.15) is 0 Å². The van der Waals surface area contributed by atoms with E-state index in [0.29, 0.717) is 11.3 Å². The standard InChI is InChI=1S/C25H28N2O9S/c1-33-21-7-5-6-19(16-21)24(13-12-18(23(28)34-2)17-25(24,35-3)36-4)14-15-26-37(31,32)22-10-8-20(9-11-22)27(29)30/h5-13,16-17,26H,14-15H2,1-4H3. The molecule has 1 atom stereocenters. The molecule has 12 heteroatoms. The molecule has 0 saturated heterocycles. The van der Waals surface area contributed by atoms with Gasteiger partial charge in [0.05, 0.1) is 35.0 Å². The van der Waals surface area contributed by atoms with Crippen molar-refractivity contribution < 1.29 is 37.1 Å². The highest BCUT2D eigenvalue weighted by atomic mass is 32.2. The lowest BCUT2D eigenvalue weighted by molar-refractivity contribution is -0.384. The van der Waals surface area contributed by atoms with Crippen LogP contribution in [0, 0.1) is 10.1 Å². The Bertz CT molecular complexity index is 1320. The topological polar surface area (TPSA) is 143 Å². The van der Waals surface area contributed by atoms with Crippen molar-refractivity contribution in [2.45, 2.75) is 22.5 Å². The summed E-state index contributed by atoms with van der Waals surface area (Å²) < 4.78 is 50.4. The first-order valence-electron chi connectivity index (χ1n) is 11.1. The number of hydrogen-bond acceptors (Lipinski definition) is 9. The summed E-state index contributed by atoms with van der Waals surface area (Å²) in [5.41, 5.74) is -0.445. The third kappa shape index (κ3) is 5.42. The maximum atomic E-state index is 12.9. The van der Waals surface area contributed by atoms with E-state index < -0.39 is 32.1 Å². The molecule has 0 spiro atoms. The number of nitro benzene ring substituents is 1. The van der Waals surface area contributed by atoms with Crippen molar-refractivity contribution in [3.8, 4) is 5.75 Å². The van der Waals surface area contributed by atoms with Crippen molar-refractivity contribution >= 4 is 21.7 Å². The van der Waals surface area contributed by atoms with Crippen molar-refractivity contribution in [2.24, 2.45) is 0 Å². The van der Waals surface area contributed by atoms with Crippen LogP contribution in [0.25, 0.3) is 0 Å². The molecule has 1 unspecified atom stereocenters. The fraction of sp³-hybridized carbons (Fsp3) is 0.320. The Kier molecular flexibility index (Phi) is 8.49. The molecule has 37 heavy (non-hydrogen) atoms. The van der Waals surface area contributed by atoms with Crippen molar-refractivity contribution in [3.05, 3.63) is 88.0 Å². The molecular weight excluding hydrogens is 504 g/mol. The van der Waals surface area contributed by atoms with Gasteiger partial charge < -0.3 is 18.9 Å². The minimum Gasteiger partial charge on any atom is -0.497 e. The van der Waals surface area contributed by atoms with Gasteiger partial charge in [-0.15, -0.1) is 0 Å². The van der Waals surface area contributed by atoms with Crippen LogP contribution in [-0.2, 0) is 34.4 Å². The average Bonchev–Trinajstić information content (AvgIpc) is 2.92. The Morgan fingerprint density at radius 3 is 2.30 bits per heavy atom. The zero-order valence-corrected chi connectivity index (χ0v) is 21.6. The van der Waals surface area contributed by atoms with Gasteiger partial charge >= 0.3 is 5.97 Å². The minimum atomic E-state index is -4.00. The van der Waals surface area contributed by atoms with E-state index in [-0.39, 0.29) is 29.1 Å².